The summed E-state index contributed by atoms with van der Waals surface area (Å²) in [5.41, 5.74) is -1.28. The van der Waals surface area contributed by atoms with E-state index in [1.165, 1.54) is 50.2 Å². The van der Waals surface area contributed by atoms with Gasteiger partial charge < -0.3 is 0 Å². The Morgan fingerprint density at radius 1 is 0.594 bits per heavy atom. The minimum absolute atomic E-state index is 0.215. The van der Waals surface area contributed by atoms with Crippen molar-refractivity contribution in [2.75, 3.05) is 0 Å². The highest BCUT2D eigenvalue weighted by Gasteiger charge is 2.34. The standard InChI is InChI=1S/C23H17F6N3/c1-14(30-20-10-5-3-8-16(20)22(24,25)26)18-12-7-13-19(32-18)15(2)31-21-11-6-4-9-17(21)23(27,28)29/h3-13H,1-2H3. The first kappa shape index (κ1) is 23.2. The molecule has 1 aromatic heterocycles. The van der Waals surface area contributed by atoms with E-state index in [1.54, 1.807) is 18.2 Å². The van der Waals surface area contributed by atoms with Crippen LogP contribution in [0, 0.1) is 0 Å². The average Bonchev–Trinajstić information content (AvgIpc) is 2.73. The number of hydrogen-bond donors (Lipinski definition) is 0. The van der Waals surface area contributed by atoms with E-state index in [2.05, 4.69) is 15.0 Å². The van der Waals surface area contributed by atoms with Crippen LogP contribution in [0.1, 0.15) is 36.4 Å². The molecule has 0 atom stereocenters. The Bertz CT molecular complexity index is 1090. The molecule has 0 aliphatic carbocycles. The fourth-order valence-corrected chi connectivity index (χ4v) is 2.94. The zero-order chi connectivity index (χ0) is 23.5. The van der Waals surface area contributed by atoms with Crippen LogP contribution in [-0.2, 0) is 12.4 Å². The van der Waals surface area contributed by atoms with E-state index in [4.69, 9.17) is 0 Å². The Kier molecular flexibility index (Phi) is 6.47. The minimum atomic E-state index is -4.56. The molecule has 166 valence electrons. The number of aliphatic imine (C=N–C) groups is 2. The molecule has 0 fully saturated rings. The first-order valence-electron chi connectivity index (χ1n) is 9.37. The van der Waals surface area contributed by atoms with Crippen molar-refractivity contribution in [1.29, 1.82) is 0 Å². The second-order valence-corrected chi connectivity index (χ2v) is 6.83. The molecular weight excluding hydrogens is 432 g/mol. The number of pyridine rings is 1. The predicted molar refractivity (Wildman–Crippen MR) is 111 cm³/mol. The molecule has 1 heterocycles. The van der Waals surface area contributed by atoms with Crippen LogP contribution in [-0.4, -0.2) is 16.4 Å². The van der Waals surface area contributed by atoms with Crippen molar-refractivity contribution in [1.82, 2.24) is 4.98 Å². The maximum atomic E-state index is 13.2. The number of alkyl halides is 6. The van der Waals surface area contributed by atoms with Crippen LogP contribution in [0.15, 0.2) is 76.7 Å². The minimum Gasteiger partial charge on any atom is -0.251 e. The molecule has 9 heteroatoms. The van der Waals surface area contributed by atoms with Crippen LogP contribution in [0.25, 0.3) is 0 Å². The van der Waals surface area contributed by atoms with Gasteiger partial charge in [0, 0.05) is 0 Å². The number of rotatable bonds is 4. The van der Waals surface area contributed by atoms with E-state index < -0.39 is 23.5 Å². The highest BCUT2D eigenvalue weighted by atomic mass is 19.4. The molecule has 3 nitrogen and oxygen atoms in total. The summed E-state index contributed by atoms with van der Waals surface area (Å²) in [5, 5.41) is 0. The molecule has 0 aliphatic heterocycles. The summed E-state index contributed by atoms with van der Waals surface area (Å²) in [7, 11) is 0. The summed E-state index contributed by atoms with van der Waals surface area (Å²) in [6, 6.07) is 14.5. The smallest absolute Gasteiger partial charge is 0.251 e. The van der Waals surface area contributed by atoms with Gasteiger partial charge in [0.05, 0.1) is 45.3 Å². The van der Waals surface area contributed by atoms with Gasteiger partial charge in [0.25, 0.3) is 0 Å². The molecule has 0 saturated heterocycles. The molecular formula is C23H17F6N3. The summed E-state index contributed by atoms with van der Waals surface area (Å²) >= 11 is 0. The molecule has 32 heavy (non-hydrogen) atoms. The van der Waals surface area contributed by atoms with Crippen molar-refractivity contribution < 1.29 is 26.3 Å². The molecule has 0 unspecified atom stereocenters. The zero-order valence-corrected chi connectivity index (χ0v) is 17.0. The van der Waals surface area contributed by atoms with Crippen LogP contribution in [0.4, 0.5) is 37.7 Å². The van der Waals surface area contributed by atoms with Gasteiger partial charge in [-0.2, -0.15) is 26.3 Å². The van der Waals surface area contributed by atoms with Crippen LogP contribution >= 0.6 is 0 Å². The third kappa shape index (κ3) is 5.40. The van der Waals surface area contributed by atoms with Gasteiger partial charge >= 0.3 is 12.4 Å². The van der Waals surface area contributed by atoms with E-state index in [0.29, 0.717) is 0 Å². The lowest BCUT2D eigenvalue weighted by molar-refractivity contribution is -0.137. The fraction of sp³-hybridized carbons (Fsp3) is 0.174. The van der Waals surface area contributed by atoms with Crippen molar-refractivity contribution in [3.8, 4) is 0 Å². The molecule has 3 aromatic rings. The van der Waals surface area contributed by atoms with Gasteiger partial charge in [-0.3, -0.25) is 9.98 Å². The zero-order valence-electron chi connectivity index (χ0n) is 17.0. The maximum absolute atomic E-state index is 13.2. The Hall–Kier alpha value is -3.49. The molecule has 0 spiro atoms. The number of para-hydroxylation sites is 2. The van der Waals surface area contributed by atoms with Gasteiger partial charge in [-0.15, -0.1) is 0 Å². The summed E-state index contributed by atoms with van der Waals surface area (Å²) in [5.74, 6) is 0. The first-order valence-corrected chi connectivity index (χ1v) is 9.37. The molecule has 0 radical (unpaired) electrons. The number of nitrogens with zero attached hydrogens (tertiary/aromatic N) is 3. The molecule has 0 aliphatic rings. The van der Waals surface area contributed by atoms with Gasteiger partial charge in [-0.25, -0.2) is 4.98 Å². The Balaban J connectivity index is 1.98. The van der Waals surface area contributed by atoms with Gasteiger partial charge in [0.1, 0.15) is 0 Å². The third-order valence-corrected chi connectivity index (χ3v) is 4.49. The maximum Gasteiger partial charge on any atom is 0.418 e. The monoisotopic (exact) mass is 449 g/mol. The first-order chi connectivity index (χ1) is 15.0. The quantitative estimate of drug-likeness (QED) is 0.302. The molecule has 3 rings (SSSR count). The van der Waals surface area contributed by atoms with Gasteiger partial charge in [-0.1, -0.05) is 30.3 Å². The third-order valence-electron chi connectivity index (χ3n) is 4.49. The summed E-state index contributed by atoms with van der Waals surface area (Å²) < 4.78 is 79.3. The fourth-order valence-electron chi connectivity index (χ4n) is 2.94. The number of hydrogen-bond acceptors (Lipinski definition) is 3. The van der Waals surface area contributed by atoms with Crippen LogP contribution in [0.2, 0.25) is 0 Å². The van der Waals surface area contributed by atoms with E-state index in [0.717, 1.165) is 12.1 Å². The molecule has 0 saturated carbocycles. The molecule has 2 aromatic carbocycles. The lowest BCUT2D eigenvalue weighted by Gasteiger charge is -2.11. The van der Waals surface area contributed by atoms with Gasteiger partial charge in [0.15, 0.2) is 0 Å². The van der Waals surface area contributed by atoms with Crippen LogP contribution in [0.3, 0.4) is 0 Å². The lowest BCUT2D eigenvalue weighted by Crippen LogP contribution is -2.08. The Labute approximate surface area is 180 Å². The van der Waals surface area contributed by atoms with Crippen molar-refractivity contribution in [2.45, 2.75) is 26.2 Å². The SMILES string of the molecule is CC(=Nc1ccccc1C(F)(F)F)c1cccc(C(C)=Nc2ccccc2C(F)(F)F)n1. The number of aromatic nitrogens is 1. The van der Waals surface area contributed by atoms with Gasteiger partial charge in [-0.05, 0) is 50.2 Å². The second kappa shape index (κ2) is 8.94. The average molecular weight is 449 g/mol. The van der Waals surface area contributed by atoms with E-state index in [9.17, 15) is 26.3 Å². The Morgan fingerprint density at radius 2 is 0.969 bits per heavy atom. The van der Waals surface area contributed by atoms with E-state index >= 15 is 0 Å². The Morgan fingerprint density at radius 3 is 1.34 bits per heavy atom. The van der Waals surface area contributed by atoms with E-state index in [-0.39, 0.29) is 34.2 Å². The van der Waals surface area contributed by atoms with E-state index in [1.807, 2.05) is 0 Å². The summed E-state index contributed by atoms with van der Waals surface area (Å²) in [6.07, 6.45) is -9.13. The van der Waals surface area contributed by atoms with Crippen LogP contribution < -0.4 is 0 Å². The normalized spacial score (nSPS) is 13.4. The predicted octanol–water partition coefficient (Wildman–Crippen LogP) is 7.40. The highest BCUT2D eigenvalue weighted by molar-refractivity contribution is 6.02. The largest absolute Gasteiger partial charge is 0.418 e. The number of halogens is 6. The lowest BCUT2D eigenvalue weighted by atomic mass is 10.1. The molecule has 0 bridgehead atoms. The summed E-state index contributed by atoms with van der Waals surface area (Å²) in [4.78, 5) is 12.5. The second-order valence-electron chi connectivity index (χ2n) is 6.83. The van der Waals surface area contributed by atoms with Crippen molar-refractivity contribution in [3.05, 3.63) is 89.2 Å². The number of benzene rings is 2. The van der Waals surface area contributed by atoms with Crippen molar-refractivity contribution >= 4 is 22.8 Å². The van der Waals surface area contributed by atoms with Gasteiger partial charge in [0.2, 0.25) is 0 Å². The van der Waals surface area contributed by atoms with Crippen LogP contribution in [0.5, 0.6) is 0 Å². The highest BCUT2D eigenvalue weighted by Crippen LogP contribution is 2.37. The van der Waals surface area contributed by atoms with Crippen molar-refractivity contribution in [2.24, 2.45) is 9.98 Å². The van der Waals surface area contributed by atoms with Crippen molar-refractivity contribution in [3.63, 3.8) is 0 Å². The topological polar surface area (TPSA) is 37.6 Å². The molecule has 0 N–H and O–H groups in total. The summed E-state index contributed by atoms with van der Waals surface area (Å²) in [6.45, 7) is 3.01. The molecule has 0 amide bonds.